The topological polar surface area (TPSA) is 69.9 Å². The Labute approximate surface area is 178 Å². The van der Waals surface area contributed by atoms with Crippen molar-refractivity contribution in [3.63, 3.8) is 0 Å². The lowest BCUT2D eigenvalue weighted by molar-refractivity contribution is -0.117. The van der Waals surface area contributed by atoms with Crippen LogP contribution in [0.25, 0.3) is 11.0 Å². The zero-order chi connectivity index (χ0) is 20.8. The number of halogens is 1. The Bertz CT molecular complexity index is 1150. The molecule has 30 heavy (non-hydrogen) atoms. The third-order valence-corrected chi connectivity index (χ3v) is 6.25. The number of benzene rings is 2. The molecule has 8 heteroatoms. The summed E-state index contributed by atoms with van der Waals surface area (Å²) in [5.41, 5.74) is 3.09. The summed E-state index contributed by atoms with van der Waals surface area (Å²) >= 11 is 6.18. The van der Waals surface area contributed by atoms with Gasteiger partial charge in [-0.25, -0.2) is 0 Å². The molecule has 2 aromatic carbocycles. The number of amides is 1. The van der Waals surface area contributed by atoms with Crippen LogP contribution in [0.1, 0.15) is 15.9 Å². The van der Waals surface area contributed by atoms with E-state index in [1.807, 2.05) is 30.3 Å². The van der Waals surface area contributed by atoms with Crippen LogP contribution in [0.5, 0.6) is 0 Å². The van der Waals surface area contributed by atoms with Crippen molar-refractivity contribution in [2.75, 3.05) is 49.6 Å². The summed E-state index contributed by atoms with van der Waals surface area (Å²) in [7, 11) is 1.77. The van der Waals surface area contributed by atoms with Crippen molar-refractivity contribution in [2.45, 2.75) is 6.42 Å². The fourth-order valence-corrected chi connectivity index (χ4v) is 4.41. The van der Waals surface area contributed by atoms with Gasteiger partial charge in [0.05, 0.1) is 23.4 Å². The maximum Gasteiger partial charge on any atom is 0.231 e. The van der Waals surface area contributed by atoms with Gasteiger partial charge in [0.2, 0.25) is 5.91 Å². The Balaban J connectivity index is 1.23. The fraction of sp³-hybridized carbons (Fsp3) is 0.318. The molecule has 2 aliphatic rings. The van der Waals surface area contributed by atoms with E-state index < -0.39 is 0 Å². The minimum atomic E-state index is 0.0624. The second kappa shape index (κ2) is 7.41. The van der Waals surface area contributed by atoms with Gasteiger partial charge in [-0.3, -0.25) is 14.5 Å². The molecule has 2 aliphatic heterocycles. The van der Waals surface area contributed by atoms with Gasteiger partial charge in [-0.15, -0.1) is 0 Å². The van der Waals surface area contributed by atoms with Gasteiger partial charge in [0.1, 0.15) is 0 Å². The third kappa shape index (κ3) is 3.24. The van der Waals surface area contributed by atoms with Crippen LogP contribution >= 0.6 is 11.6 Å². The van der Waals surface area contributed by atoms with Crippen LogP contribution in [0.15, 0.2) is 40.9 Å². The first kappa shape index (κ1) is 19.1. The molecule has 0 atom stereocenters. The average Bonchev–Trinajstić information content (AvgIpc) is 3.30. The Morgan fingerprint density at radius 1 is 1.17 bits per heavy atom. The highest BCUT2D eigenvalue weighted by Gasteiger charge is 2.26. The predicted octanol–water partition coefficient (Wildman–Crippen LogP) is 3.01. The van der Waals surface area contributed by atoms with Gasteiger partial charge in [0.15, 0.2) is 17.2 Å². The van der Waals surface area contributed by atoms with Gasteiger partial charge in [0, 0.05) is 44.5 Å². The van der Waals surface area contributed by atoms with Crippen LogP contribution in [0, 0.1) is 0 Å². The number of para-hydroxylation sites is 1. The molecule has 0 aliphatic carbocycles. The van der Waals surface area contributed by atoms with E-state index in [1.54, 1.807) is 18.0 Å². The standard InChI is InChI=1S/C22H21ClN4O3/c1-25-18-6-5-14(11-15(18)12-20(25)29)19(28)13-26-7-9-27(10-8-26)22-16-3-2-4-17(23)21(16)30-24-22/h2-6,11H,7-10,12-13H2,1H3. The number of anilines is 2. The number of likely N-dealkylation sites (N-methyl/N-ethyl adjacent to an activating group) is 1. The van der Waals surface area contributed by atoms with E-state index in [0.29, 0.717) is 29.1 Å². The quantitative estimate of drug-likeness (QED) is 0.600. The molecule has 0 spiro atoms. The first-order valence-corrected chi connectivity index (χ1v) is 10.3. The summed E-state index contributed by atoms with van der Waals surface area (Å²) in [5.74, 6) is 0.935. The van der Waals surface area contributed by atoms with Crippen molar-refractivity contribution < 1.29 is 14.1 Å². The van der Waals surface area contributed by atoms with Crippen molar-refractivity contribution in [3.8, 4) is 0 Å². The molecular weight excluding hydrogens is 404 g/mol. The number of hydrogen-bond acceptors (Lipinski definition) is 6. The van der Waals surface area contributed by atoms with E-state index in [1.165, 1.54) is 0 Å². The van der Waals surface area contributed by atoms with E-state index >= 15 is 0 Å². The summed E-state index contributed by atoms with van der Waals surface area (Å²) in [4.78, 5) is 30.6. The summed E-state index contributed by atoms with van der Waals surface area (Å²) < 4.78 is 5.42. The van der Waals surface area contributed by atoms with E-state index in [4.69, 9.17) is 16.1 Å². The number of aromatic nitrogens is 1. The van der Waals surface area contributed by atoms with Crippen LogP contribution in [0.3, 0.4) is 0 Å². The molecule has 5 rings (SSSR count). The zero-order valence-electron chi connectivity index (χ0n) is 16.6. The van der Waals surface area contributed by atoms with Crippen molar-refractivity contribution in [1.82, 2.24) is 10.1 Å². The zero-order valence-corrected chi connectivity index (χ0v) is 17.4. The minimum absolute atomic E-state index is 0.0624. The highest BCUT2D eigenvalue weighted by atomic mass is 35.5. The Morgan fingerprint density at radius 3 is 2.77 bits per heavy atom. The summed E-state index contributed by atoms with van der Waals surface area (Å²) in [6.45, 7) is 3.39. The second-order valence-corrected chi connectivity index (χ2v) is 8.19. The molecule has 154 valence electrons. The smallest absolute Gasteiger partial charge is 0.231 e. The number of nitrogens with zero attached hydrogens (tertiary/aromatic N) is 4. The van der Waals surface area contributed by atoms with Gasteiger partial charge >= 0.3 is 0 Å². The number of fused-ring (bicyclic) bond motifs is 2. The van der Waals surface area contributed by atoms with E-state index in [0.717, 1.165) is 48.6 Å². The van der Waals surface area contributed by atoms with Gasteiger partial charge in [0.25, 0.3) is 0 Å². The van der Waals surface area contributed by atoms with Crippen LogP contribution < -0.4 is 9.80 Å². The number of piperazine rings is 1. The molecular formula is C22H21ClN4O3. The van der Waals surface area contributed by atoms with Crippen molar-refractivity contribution in [2.24, 2.45) is 0 Å². The minimum Gasteiger partial charge on any atom is -0.352 e. The van der Waals surface area contributed by atoms with Crippen molar-refractivity contribution in [1.29, 1.82) is 0 Å². The number of hydrogen-bond donors (Lipinski definition) is 0. The van der Waals surface area contributed by atoms with Gasteiger partial charge in [-0.1, -0.05) is 22.8 Å². The second-order valence-electron chi connectivity index (χ2n) is 7.78. The lowest BCUT2D eigenvalue weighted by Gasteiger charge is -2.34. The Kier molecular flexibility index (Phi) is 4.72. The highest BCUT2D eigenvalue weighted by molar-refractivity contribution is 6.35. The molecule has 1 aromatic heterocycles. The number of rotatable bonds is 4. The van der Waals surface area contributed by atoms with Crippen LogP contribution in [0.2, 0.25) is 5.02 Å². The summed E-state index contributed by atoms with van der Waals surface area (Å²) in [6.07, 6.45) is 0.362. The fourth-order valence-electron chi connectivity index (χ4n) is 4.20. The number of carbonyl (C=O) groups excluding carboxylic acids is 2. The third-order valence-electron chi connectivity index (χ3n) is 5.95. The number of Topliss-reactive ketones (excluding diaryl/α,β-unsaturated/α-hetero) is 1. The molecule has 0 bridgehead atoms. The van der Waals surface area contributed by atoms with E-state index in [-0.39, 0.29) is 11.7 Å². The molecule has 1 saturated heterocycles. The number of ketones is 1. The highest BCUT2D eigenvalue weighted by Crippen LogP contribution is 2.31. The largest absolute Gasteiger partial charge is 0.352 e. The molecule has 1 fully saturated rings. The SMILES string of the molecule is CN1C(=O)Cc2cc(C(=O)CN3CCN(c4noc5c(Cl)cccc45)CC3)ccc21. The normalized spacial score (nSPS) is 17.1. The lowest BCUT2D eigenvalue weighted by Crippen LogP contribution is -2.48. The molecule has 1 amide bonds. The average molecular weight is 425 g/mol. The van der Waals surface area contributed by atoms with Crippen molar-refractivity contribution in [3.05, 3.63) is 52.5 Å². The molecule has 0 N–H and O–H groups in total. The van der Waals surface area contributed by atoms with Gasteiger partial charge in [-0.05, 0) is 35.9 Å². The molecule has 3 aromatic rings. The number of carbonyl (C=O) groups is 2. The van der Waals surface area contributed by atoms with Crippen LogP contribution in [-0.4, -0.2) is 61.5 Å². The molecule has 0 saturated carbocycles. The maximum atomic E-state index is 12.8. The Morgan fingerprint density at radius 2 is 1.97 bits per heavy atom. The predicted molar refractivity (Wildman–Crippen MR) is 116 cm³/mol. The van der Waals surface area contributed by atoms with Gasteiger partial charge < -0.3 is 14.3 Å². The first-order chi connectivity index (χ1) is 14.5. The van der Waals surface area contributed by atoms with Crippen LogP contribution in [0.4, 0.5) is 11.5 Å². The molecule has 0 radical (unpaired) electrons. The molecule has 3 heterocycles. The van der Waals surface area contributed by atoms with E-state index in [2.05, 4.69) is 15.0 Å². The maximum absolute atomic E-state index is 12.8. The first-order valence-electron chi connectivity index (χ1n) is 9.95. The monoisotopic (exact) mass is 424 g/mol. The molecule has 7 nitrogen and oxygen atoms in total. The van der Waals surface area contributed by atoms with E-state index in [9.17, 15) is 9.59 Å². The Hall–Kier alpha value is -2.90. The van der Waals surface area contributed by atoms with Crippen LogP contribution in [-0.2, 0) is 11.2 Å². The molecule has 0 unspecified atom stereocenters. The summed E-state index contributed by atoms with van der Waals surface area (Å²) in [5, 5.41) is 5.67. The lowest BCUT2D eigenvalue weighted by atomic mass is 10.0. The summed E-state index contributed by atoms with van der Waals surface area (Å²) in [6, 6.07) is 11.2. The van der Waals surface area contributed by atoms with Crippen molar-refractivity contribution >= 4 is 45.8 Å². The van der Waals surface area contributed by atoms with Gasteiger partial charge in [-0.2, -0.15) is 0 Å².